The molecule has 122 valence electrons. The zero-order valence-corrected chi connectivity index (χ0v) is 13.5. The molecule has 0 spiro atoms. The van der Waals surface area contributed by atoms with E-state index in [9.17, 15) is 22.6 Å². The predicted molar refractivity (Wildman–Crippen MR) is 86.0 cm³/mol. The molecular weight excluding hydrogens is 354 g/mol. The summed E-state index contributed by atoms with van der Waals surface area (Å²) in [7, 11) is -4.56. The standard InChI is InChI=1S/C16H10ClNO5S/c17-13-14(16(20)12-4-2-1-3-11(12)15(13)19)18-9-5-7-10(8-6-9)24(21,22)23/h1-8,18H,(H,21,22,23)/p-1. The second-order valence-electron chi connectivity index (χ2n) is 5.00. The van der Waals surface area contributed by atoms with E-state index in [0.717, 1.165) is 12.1 Å². The summed E-state index contributed by atoms with van der Waals surface area (Å²) in [6.45, 7) is 0. The van der Waals surface area contributed by atoms with Gasteiger partial charge in [-0.05, 0) is 24.3 Å². The molecule has 0 bridgehead atoms. The zero-order valence-electron chi connectivity index (χ0n) is 11.9. The average Bonchev–Trinajstić information content (AvgIpc) is 2.56. The highest BCUT2D eigenvalue weighted by Gasteiger charge is 2.31. The summed E-state index contributed by atoms with van der Waals surface area (Å²) in [6, 6.07) is 11.1. The second kappa shape index (κ2) is 5.86. The molecule has 0 amide bonds. The Morgan fingerprint density at radius 2 is 1.42 bits per heavy atom. The molecule has 1 N–H and O–H groups in total. The summed E-state index contributed by atoms with van der Waals surface area (Å²) in [6.07, 6.45) is 0. The zero-order chi connectivity index (χ0) is 17.5. The first-order valence-corrected chi connectivity index (χ1v) is 8.49. The fourth-order valence-electron chi connectivity index (χ4n) is 2.31. The van der Waals surface area contributed by atoms with Crippen LogP contribution in [0.5, 0.6) is 0 Å². The van der Waals surface area contributed by atoms with Crippen molar-refractivity contribution in [3.63, 3.8) is 0 Å². The van der Waals surface area contributed by atoms with Crippen LogP contribution in [0, 0.1) is 0 Å². The molecule has 3 rings (SSSR count). The lowest BCUT2D eigenvalue weighted by Gasteiger charge is -2.19. The fourth-order valence-corrected chi connectivity index (χ4v) is 3.01. The van der Waals surface area contributed by atoms with E-state index in [1.54, 1.807) is 12.1 Å². The van der Waals surface area contributed by atoms with Gasteiger partial charge in [0.15, 0.2) is 0 Å². The van der Waals surface area contributed by atoms with E-state index in [2.05, 4.69) is 5.32 Å². The number of hydrogen-bond donors (Lipinski definition) is 1. The van der Waals surface area contributed by atoms with Gasteiger partial charge in [-0.3, -0.25) is 9.59 Å². The molecule has 0 saturated carbocycles. The normalized spacial score (nSPS) is 14.6. The van der Waals surface area contributed by atoms with Crippen LogP contribution in [0.25, 0.3) is 0 Å². The number of hydrogen-bond acceptors (Lipinski definition) is 6. The number of rotatable bonds is 3. The molecule has 1 aliphatic rings. The van der Waals surface area contributed by atoms with Gasteiger partial charge in [-0.15, -0.1) is 0 Å². The van der Waals surface area contributed by atoms with Crippen LogP contribution >= 0.6 is 11.6 Å². The summed E-state index contributed by atoms with van der Waals surface area (Å²) >= 11 is 6.01. The van der Waals surface area contributed by atoms with Crippen molar-refractivity contribution >= 4 is 39.0 Å². The molecule has 6 nitrogen and oxygen atoms in total. The number of Topliss-reactive ketones (excluding diaryl/α,β-unsaturated/α-hetero) is 2. The van der Waals surface area contributed by atoms with Crippen molar-refractivity contribution < 1.29 is 22.6 Å². The van der Waals surface area contributed by atoms with E-state index in [1.807, 2.05) is 0 Å². The number of halogens is 1. The molecule has 8 heteroatoms. The molecule has 0 saturated heterocycles. The highest BCUT2D eigenvalue weighted by Crippen LogP contribution is 2.29. The van der Waals surface area contributed by atoms with Crippen LogP contribution in [0.15, 0.2) is 64.2 Å². The van der Waals surface area contributed by atoms with Gasteiger partial charge in [0.25, 0.3) is 0 Å². The van der Waals surface area contributed by atoms with Gasteiger partial charge in [-0.25, -0.2) is 8.42 Å². The van der Waals surface area contributed by atoms with E-state index in [1.165, 1.54) is 24.3 Å². The van der Waals surface area contributed by atoms with E-state index in [-0.39, 0.29) is 21.9 Å². The molecule has 2 aromatic carbocycles. The minimum Gasteiger partial charge on any atom is -0.744 e. The van der Waals surface area contributed by atoms with Gasteiger partial charge < -0.3 is 9.87 Å². The summed E-state index contributed by atoms with van der Waals surface area (Å²) in [5.74, 6) is -0.927. The molecule has 24 heavy (non-hydrogen) atoms. The van der Waals surface area contributed by atoms with Crippen LogP contribution in [-0.2, 0) is 10.1 Å². The Morgan fingerprint density at radius 3 is 1.96 bits per heavy atom. The van der Waals surface area contributed by atoms with Crippen molar-refractivity contribution in [2.45, 2.75) is 4.90 Å². The molecule has 2 aromatic rings. The molecule has 0 atom stereocenters. The maximum atomic E-state index is 12.5. The van der Waals surface area contributed by atoms with Crippen molar-refractivity contribution in [3.05, 3.63) is 70.4 Å². The third-order valence-electron chi connectivity index (χ3n) is 3.47. The first kappa shape index (κ1) is 16.4. The lowest BCUT2D eigenvalue weighted by molar-refractivity contribution is 0.0982. The van der Waals surface area contributed by atoms with Gasteiger partial charge in [0.2, 0.25) is 11.6 Å². The third kappa shape index (κ3) is 2.84. The van der Waals surface area contributed by atoms with Gasteiger partial charge in [0.1, 0.15) is 20.8 Å². The maximum Gasteiger partial charge on any atom is 0.211 e. The number of allylic oxidation sites excluding steroid dienone is 2. The van der Waals surface area contributed by atoms with E-state index in [4.69, 9.17) is 11.6 Å². The number of ketones is 2. The highest BCUT2D eigenvalue weighted by molar-refractivity contribution is 7.85. The largest absolute Gasteiger partial charge is 0.744 e. The molecular formula is C16H9ClNO5S-. The molecule has 0 radical (unpaired) electrons. The first-order chi connectivity index (χ1) is 11.3. The van der Waals surface area contributed by atoms with E-state index in [0.29, 0.717) is 5.69 Å². The Kier molecular flexibility index (Phi) is 4.00. The van der Waals surface area contributed by atoms with Gasteiger partial charge in [-0.2, -0.15) is 0 Å². The summed E-state index contributed by atoms with van der Waals surface area (Å²) in [5.41, 5.74) is 0.674. The number of carbonyl (C=O) groups is 2. The molecule has 0 aromatic heterocycles. The van der Waals surface area contributed by atoms with Crippen molar-refractivity contribution in [3.8, 4) is 0 Å². The van der Waals surface area contributed by atoms with E-state index >= 15 is 0 Å². The first-order valence-electron chi connectivity index (χ1n) is 6.70. The Hall–Kier alpha value is -2.48. The van der Waals surface area contributed by atoms with Crippen LogP contribution in [0.2, 0.25) is 0 Å². The summed E-state index contributed by atoms with van der Waals surface area (Å²) in [4.78, 5) is 24.3. The Labute approximate surface area is 142 Å². The summed E-state index contributed by atoms with van der Waals surface area (Å²) in [5, 5.41) is 2.46. The van der Waals surface area contributed by atoms with Gasteiger partial charge in [0, 0.05) is 16.8 Å². The van der Waals surface area contributed by atoms with Crippen LogP contribution in [0.1, 0.15) is 20.7 Å². The fraction of sp³-hybridized carbons (Fsp3) is 0. The quantitative estimate of drug-likeness (QED) is 0.841. The van der Waals surface area contributed by atoms with Crippen LogP contribution in [0.4, 0.5) is 5.69 Å². The average molecular weight is 363 g/mol. The van der Waals surface area contributed by atoms with Crippen LogP contribution < -0.4 is 5.32 Å². The lowest BCUT2D eigenvalue weighted by atomic mass is 9.92. The second-order valence-corrected chi connectivity index (χ2v) is 6.75. The minimum absolute atomic E-state index is 0.0990. The van der Waals surface area contributed by atoms with Crippen molar-refractivity contribution in [1.29, 1.82) is 0 Å². The third-order valence-corrected chi connectivity index (χ3v) is 4.68. The highest BCUT2D eigenvalue weighted by atomic mass is 35.5. The van der Waals surface area contributed by atoms with E-state index < -0.39 is 26.6 Å². The topological polar surface area (TPSA) is 103 Å². The number of fused-ring (bicyclic) bond motifs is 1. The van der Waals surface area contributed by atoms with Gasteiger partial charge in [0.05, 0.1) is 4.90 Å². The SMILES string of the molecule is O=C1C(Cl)=C(Nc2ccc(S(=O)(=O)[O-])cc2)C(=O)c2ccccc21. The van der Waals surface area contributed by atoms with Crippen molar-refractivity contribution in [2.75, 3.05) is 5.32 Å². The minimum atomic E-state index is -4.56. The van der Waals surface area contributed by atoms with Crippen molar-refractivity contribution in [2.24, 2.45) is 0 Å². The smallest absolute Gasteiger partial charge is 0.211 e. The summed E-state index contributed by atoms with van der Waals surface area (Å²) < 4.78 is 32.7. The number of nitrogens with one attached hydrogen (secondary N) is 1. The number of benzene rings is 2. The molecule has 0 fully saturated rings. The van der Waals surface area contributed by atoms with Gasteiger partial charge in [-0.1, -0.05) is 35.9 Å². The monoisotopic (exact) mass is 362 g/mol. The number of carbonyl (C=O) groups excluding carboxylic acids is 2. The maximum absolute atomic E-state index is 12.5. The molecule has 0 aliphatic heterocycles. The number of anilines is 1. The molecule has 1 aliphatic carbocycles. The van der Waals surface area contributed by atoms with Crippen LogP contribution in [-0.4, -0.2) is 24.5 Å². The lowest BCUT2D eigenvalue weighted by Crippen LogP contribution is -2.24. The van der Waals surface area contributed by atoms with Crippen LogP contribution in [0.3, 0.4) is 0 Å². The Morgan fingerprint density at radius 1 is 0.875 bits per heavy atom. The van der Waals surface area contributed by atoms with Crippen molar-refractivity contribution in [1.82, 2.24) is 0 Å². The Balaban J connectivity index is 1.97. The molecule has 0 unspecified atom stereocenters. The van der Waals surface area contributed by atoms with Gasteiger partial charge >= 0.3 is 0 Å². The predicted octanol–water partition coefficient (Wildman–Crippen LogP) is 2.53. The Bertz CT molecular complexity index is 993. The molecule has 0 heterocycles.